The minimum atomic E-state index is 0.386. The van der Waals surface area contributed by atoms with Crippen LogP contribution in [0.2, 0.25) is 0 Å². The van der Waals surface area contributed by atoms with Gasteiger partial charge in [0.05, 0.1) is 26.5 Å². The molecule has 0 aliphatic rings. The van der Waals surface area contributed by atoms with E-state index in [0.29, 0.717) is 24.0 Å². The maximum atomic E-state index is 5.84. The zero-order valence-corrected chi connectivity index (χ0v) is 19.2. The van der Waals surface area contributed by atoms with Crippen LogP contribution in [-0.4, -0.2) is 62.1 Å². The second kappa shape index (κ2) is 11.3. The van der Waals surface area contributed by atoms with E-state index in [2.05, 4.69) is 40.4 Å². The molecule has 0 radical (unpaired) electrons. The van der Waals surface area contributed by atoms with Crippen molar-refractivity contribution in [3.05, 3.63) is 35.7 Å². The smallest absolute Gasteiger partial charge is 0.193 e. The molecule has 0 unspecified atom stereocenters. The van der Waals surface area contributed by atoms with Crippen LogP contribution in [0.25, 0.3) is 0 Å². The molecular weight excluding hydrogens is 382 g/mol. The van der Waals surface area contributed by atoms with Crippen molar-refractivity contribution >= 4 is 5.96 Å². The summed E-state index contributed by atoms with van der Waals surface area (Å²) in [6.45, 7) is 6.40. The Balaban J connectivity index is 1.82. The van der Waals surface area contributed by atoms with Gasteiger partial charge in [0, 0.05) is 64.2 Å². The SMILES string of the molecule is CN=C(NCCCOc1cc(OC)cc(OC)c1)N(C)Cc1cn(C)nc1C(C)C. The Bertz CT molecular complexity index is 810. The third-order valence-corrected chi connectivity index (χ3v) is 4.66. The summed E-state index contributed by atoms with van der Waals surface area (Å²) >= 11 is 0. The van der Waals surface area contributed by atoms with Crippen molar-refractivity contribution in [3.63, 3.8) is 0 Å². The molecule has 1 aromatic heterocycles. The zero-order valence-electron chi connectivity index (χ0n) is 19.2. The molecule has 1 N–H and O–H groups in total. The first-order valence-corrected chi connectivity index (χ1v) is 10.2. The predicted octanol–water partition coefficient (Wildman–Crippen LogP) is 3.04. The van der Waals surface area contributed by atoms with E-state index in [1.54, 1.807) is 21.3 Å². The van der Waals surface area contributed by atoms with Gasteiger partial charge in [-0.2, -0.15) is 5.10 Å². The number of rotatable bonds is 10. The first-order chi connectivity index (χ1) is 14.4. The largest absolute Gasteiger partial charge is 0.496 e. The van der Waals surface area contributed by atoms with Crippen molar-refractivity contribution in [2.24, 2.45) is 12.0 Å². The topological polar surface area (TPSA) is 73.1 Å². The Kier molecular flexibility index (Phi) is 8.83. The first kappa shape index (κ1) is 23.4. The van der Waals surface area contributed by atoms with Crippen LogP contribution in [0.4, 0.5) is 0 Å². The molecule has 30 heavy (non-hydrogen) atoms. The number of benzene rings is 1. The summed E-state index contributed by atoms with van der Waals surface area (Å²) in [5.41, 5.74) is 2.34. The average Bonchev–Trinajstić information content (AvgIpc) is 3.10. The normalized spacial score (nSPS) is 11.5. The van der Waals surface area contributed by atoms with Gasteiger partial charge in [0.15, 0.2) is 5.96 Å². The van der Waals surface area contributed by atoms with Gasteiger partial charge in [-0.15, -0.1) is 0 Å². The van der Waals surface area contributed by atoms with Gasteiger partial charge in [0.2, 0.25) is 0 Å². The highest BCUT2D eigenvalue weighted by Gasteiger charge is 2.15. The van der Waals surface area contributed by atoms with Gasteiger partial charge in [-0.25, -0.2) is 0 Å². The highest BCUT2D eigenvalue weighted by molar-refractivity contribution is 5.79. The number of hydrogen-bond acceptors (Lipinski definition) is 5. The van der Waals surface area contributed by atoms with Gasteiger partial charge in [-0.05, 0) is 12.3 Å². The fraction of sp³-hybridized carbons (Fsp3) is 0.545. The lowest BCUT2D eigenvalue weighted by Crippen LogP contribution is -2.39. The molecule has 0 aliphatic heterocycles. The van der Waals surface area contributed by atoms with Crippen molar-refractivity contribution in [1.82, 2.24) is 20.0 Å². The van der Waals surface area contributed by atoms with E-state index in [1.807, 2.05) is 37.0 Å². The van der Waals surface area contributed by atoms with Gasteiger partial charge < -0.3 is 24.4 Å². The summed E-state index contributed by atoms with van der Waals surface area (Å²) in [7, 11) is 9.04. The fourth-order valence-electron chi connectivity index (χ4n) is 3.20. The Hall–Kier alpha value is -2.90. The standard InChI is InChI=1S/C22H35N5O3/c1-16(2)21-17(15-27(5)25-21)14-26(4)22(23-3)24-9-8-10-30-20-12-18(28-6)11-19(13-20)29-7/h11-13,15-16H,8-10,14H2,1-7H3,(H,23,24). The molecule has 8 nitrogen and oxygen atoms in total. The summed E-state index contributed by atoms with van der Waals surface area (Å²) in [5.74, 6) is 3.38. The number of aryl methyl sites for hydroxylation is 1. The molecule has 1 heterocycles. The fourth-order valence-corrected chi connectivity index (χ4v) is 3.20. The van der Waals surface area contributed by atoms with Gasteiger partial charge in [-0.3, -0.25) is 9.67 Å². The third kappa shape index (κ3) is 6.57. The maximum absolute atomic E-state index is 5.84. The van der Waals surface area contributed by atoms with E-state index < -0.39 is 0 Å². The van der Waals surface area contributed by atoms with Crippen LogP contribution >= 0.6 is 0 Å². The minimum Gasteiger partial charge on any atom is -0.496 e. The summed E-state index contributed by atoms with van der Waals surface area (Å²) in [6, 6.07) is 5.52. The highest BCUT2D eigenvalue weighted by Crippen LogP contribution is 2.27. The highest BCUT2D eigenvalue weighted by atomic mass is 16.5. The van der Waals surface area contributed by atoms with Crippen LogP contribution in [0, 0.1) is 0 Å². The van der Waals surface area contributed by atoms with E-state index in [4.69, 9.17) is 14.2 Å². The molecule has 0 amide bonds. The molecule has 0 saturated heterocycles. The molecular formula is C22H35N5O3. The van der Waals surface area contributed by atoms with Crippen LogP contribution in [0.5, 0.6) is 17.2 Å². The molecule has 0 spiro atoms. The molecule has 1 aromatic carbocycles. The molecule has 166 valence electrons. The van der Waals surface area contributed by atoms with Crippen LogP contribution in [0.3, 0.4) is 0 Å². The van der Waals surface area contributed by atoms with E-state index in [1.165, 1.54) is 5.56 Å². The number of aromatic nitrogens is 2. The predicted molar refractivity (Wildman–Crippen MR) is 120 cm³/mol. The van der Waals surface area contributed by atoms with E-state index in [0.717, 1.165) is 36.9 Å². The van der Waals surface area contributed by atoms with Crippen molar-refractivity contribution < 1.29 is 14.2 Å². The van der Waals surface area contributed by atoms with E-state index in [9.17, 15) is 0 Å². The summed E-state index contributed by atoms with van der Waals surface area (Å²) in [5, 5.41) is 7.98. The maximum Gasteiger partial charge on any atom is 0.193 e. The van der Waals surface area contributed by atoms with Crippen LogP contribution < -0.4 is 19.5 Å². The number of nitrogens with one attached hydrogen (secondary N) is 1. The number of methoxy groups -OCH3 is 2. The molecule has 0 bridgehead atoms. The number of nitrogens with zero attached hydrogens (tertiary/aromatic N) is 4. The first-order valence-electron chi connectivity index (χ1n) is 10.2. The van der Waals surface area contributed by atoms with Gasteiger partial charge in [0.25, 0.3) is 0 Å². The lowest BCUT2D eigenvalue weighted by Gasteiger charge is -2.22. The molecule has 0 aliphatic carbocycles. The summed E-state index contributed by atoms with van der Waals surface area (Å²) in [6.07, 6.45) is 2.91. The second-order valence-corrected chi connectivity index (χ2v) is 7.45. The van der Waals surface area contributed by atoms with E-state index >= 15 is 0 Å². The Morgan fingerprint density at radius 2 is 1.80 bits per heavy atom. The monoisotopic (exact) mass is 417 g/mol. The van der Waals surface area contributed by atoms with Gasteiger partial charge in [-0.1, -0.05) is 13.8 Å². The lowest BCUT2D eigenvalue weighted by atomic mass is 10.1. The molecule has 2 aromatic rings. The number of ether oxygens (including phenoxy) is 3. The molecule has 0 atom stereocenters. The van der Waals surface area contributed by atoms with Crippen molar-refractivity contribution in [3.8, 4) is 17.2 Å². The van der Waals surface area contributed by atoms with Crippen molar-refractivity contribution in [2.75, 3.05) is 41.5 Å². The van der Waals surface area contributed by atoms with Crippen LogP contribution in [-0.2, 0) is 13.6 Å². The molecule has 2 rings (SSSR count). The Morgan fingerprint density at radius 1 is 1.17 bits per heavy atom. The number of aliphatic imine (C=N–C) groups is 1. The van der Waals surface area contributed by atoms with Gasteiger partial charge >= 0.3 is 0 Å². The lowest BCUT2D eigenvalue weighted by molar-refractivity contribution is 0.304. The van der Waals surface area contributed by atoms with Crippen LogP contribution in [0.1, 0.15) is 37.4 Å². The van der Waals surface area contributed by atoms with E-state index in [-0.39, 0.29) is 0 Å². The zero-order chi connectivity index (χ0) is 22.1. The molecule has 0 fully saturated rings. The summed E-state index contributed by atoms with van der Waals surface area (Å²) in [4.78, 5) is 6.50. The van der Waals surface area contributed by atoms with Crippen molar-refractivity contribution in [1.29, 1.82) is 0 Å². The minimum absolute atomic E-state index is 0.386. The third-order valence-electron chi connectivity index (χ3n) is 4.66. The number of guanidine groups is 1. The molecule has 0 saturated carbocycles. The van der Waals surface area contributed by atoms with Crippen molar-refractivity contribution in [2.45, 2.75) is 32.7 Å². The Morgan fingerprint density at radius 3 is 2.37 bits per heavy atom. The quantitative estimate of drug-likeness (QED) is 0.364. The second-order valence-electron chi connectivity index (χ2n) is 7.45. The molecule has 8 heteroatoms. The van der Waals surface area contributed by atoms with Crippen LogP contribution in [0.15, 0.2) is 29.4 Å². The average molecular weight is 418 g/mol. The Labute approximate surface area is 179 Å². The summed E-state index contributed by atoms with van der Waals surface area (Å²) < 4.78 is 18.3. The van der Waals surface area contributed by atoms with Gasteiger partial charge in [0.1, 0.15) is 17.2 Å². The number of hydrogen-bond donors (Lipinski definition) is 1.